The molecular weight excluding hydrogens is 275 g/mol. The maximum atomic E-state index is 14.2. The van der Waals surface area contributed by atoms with Crippen LogP contribution in [0, 0.1) is 12.7 Å². The van der Waals surface area contributed by atoms with Gasteiger partial charge < -0.3 is 5.32 Å². The molecule has 1 aromatic carbocycles. The van der Waals surface area contributed by atoms with Crippen molar-refractivity contribution in [2.45, 2.75) is 26.3 Å². The van der Waals surface area contributed by atoms with Gasteiger partial charge in [0.05, 0.1) is 6.04 Å². The Bertz CT molecular complexity index is 566. The molecule has 1 unspecified atom stereocenters. The molecule has 1 heterocycles. The van der Waals surface area contributed by atoms with E-state index in [1.54, 1.807) is 24.5 Å². The number of hydrogen-bond donors (Lipinski definition) is 1. The van der Waals surface area contributed by atoms with Crippen molar-refractivity contribution >= 4 is 11.6 Å². The van der Waals surface area contributed by atoms with Gasteiger partial charge in [0.2, 0.25) is 0 Å². The zero-order valence-electron chi connectivity index (χ0n) is 11.7. The van der Waals surface area contributed by atoms with Crippen LogP contribution in [0.1, 0.15) is 36.1 Å². The van der Waals surface area contributed by atoms with Crippen molar-refractivity contribution in [1.82, 2.24) is 10.3 Å². The van der Waals surface area contributed by atoms with Gasteiger partial charge in [0.25, 0.3) is 0 Å². The monoisotopic (exact) mass is 292 g/mol. The van der Waals surface area contributed by atoms with E-state index in [0.29, 0.717) is 10.6 Å². The second-order valence-corrected chi connectivity index (χ2v) is 5.16. The van der Waals surface area contributed by atoms with Crippen LogP contribution >= 0.6 is 11.6 Å². The SMILES string of the molecule is CCCNC(c1cnccc1C)c1c(F)cccc1Cl. The van der Waals surface area contributed by atoms with Crippen molar-refractivity contribution in [3.63, 3.8) is 0 Å². The molecular formula is C16H18ClFN2. The minimum atomic E-state index is -0.297. The van der Waals surface area contributed by atoms with E-state index in [2.05, 4.69) is 17.2 Å². The molecule has 1 N–H and O–H groups in total. The lowest BCUT2D eigenvalue weighted by Gasteiger charge is -2.22. The molecule has 0 amide bonds. The van der Waals surface area contributed by atoms with E-state index in [0.717, 1.165) is 24.1 Å². The van der Waals surface area contributed by atoms with E-state index in [9.17, 15) is 4.39 Å². The standard InChI is InChI=1S/C16H18ClFN2/c1-3-8-20-16(12-10-19-9-7-11(12)2)15-13(17)5-4-6-14(15)18/h4-7,9-10,16,20H,3,8H2,1-2H3. The van der Waals surface area contributed by atoms with Crippen LogP contribution < -0.4 is 5.32 Å². The molecule has 0 aliphatic carbocycles. The summed E-state index contributed by atoms with van der Waals surface area (Å²) in [6, 6.07) is 6.41. The fourth-order valence-corrected chi connectivity index (χ4v) is 2.49. The summed E-state index contributed by atoms with van der Waals surface area (Å²) in [5.41, 5.74) is 2.50. The number of halogens is 2. The maximum absolute atomic E-state index is 14.2. The highest BCUT2D eigenvalue weighted by Gasteiger charge is 2.21. The molecule has 106 valence electrons. The molecule has 0 saturated carbocycles. The Kier molecular flexibility index (Phi) is 5.10. The lowest BCUT2D eigenvalue weighted by molar-refractivity contribution is 0.544. The Balaban J connectivity index is 2.50. The Morgan fingerprint density at radius 1 is 1.35 bits per heavy atom. The molecule has 20 heavy (non-hydrogen) atoms. The number of benzene rings is 1. The van der Waals surface area contributed by atoms with Gasteiger partial charge >= 0.3 is 0 Å². The summed E-state index contributed by atoms with van der Waals surface area (Å²) in [6.45, 7) is 4.85. The molecule has 0 bridgehead atoms. The smallest absolute Gasteiger partial charge is 0.129 e. The lowest BCUT2D eigenvalue weighted by Crippen LogP contribution is -2.25. The van der Waals surface area contributed by atoms with Gasteiger partial charge in [-0.2, -0.15) is 0 Å². The van der Waals surface area contributed by atoms with E-state index in [1.165, 1.54) is 6.07 Å². The average Bonchev–Trinajstić information content (AvgIpc) is 2.43. The summed E-state index contributed by atoms with van der Waals surface area (Å²) in [6.07, 6.45) is 4.46. The first-order valence-electron chi connectivity index (χ1n) is 6.73. The summed E-state index contributed by atoms with van der Waals surface area (Å²) in [7, 11) is 0. The number of aromatic nitrogens is 1. The number of nitrogens with zero attached hydrogens (tertiary/aromatic N) is 1. The van der Waals surface area contributed by atoms with E-state index in [4.69, 9.17) is 11.6 Å². The van der Waals surface area contributed by atoms with Crippen LogP contribution in [0.5, 0.6) is 0 Å². The first kappa shape index (κ1) is 14.9. The van der Waals surface area contributed by atoms with Gasteiger partial charge in [-0.05, 0) is 49.2 Å². The number of hydrogen-bond acceptors (Lipinski definition) is 2. The van der Waals surface area contributed by atoms with Gasteiger partial charge in [-0.3, -0.25) is 4.98 Å². The highest BCUT2D eigenvalue weighted by Crippen LogP contribution is 2.31. The fourth-order valence-electron chi connectivity index (χ4n) is 2.22. The molecule has 0 saturated heterocycles. The number of aryl methyl sites for hydroxylation is 1. The molecule has 0 fully saturated rings. The maximum Gasteiger partial charge on any atom is 0.129 e. The van der Waals surface area contributed by atoms with Crippen molar-refractivity contribution in [1.29, 1.82) is 0 Å². The summed E-state index contributed by atoms with van der Waals surface area (Å²) < 4.78 is 14.2. The first-order chi connectivity index (χ1) is 9.65. The molecule has 0 radical (unpaired) electrons. The Hall–Kier alpha value is -1.45. The second-order valence-electron chi connectivity index (χ2n) is 4.75. The predicted octanol–water partition coefficient (Wildman–Crippen LogP) is 4.27. The summed E-state index contributed by atoms with van der Waals surface area (Å²) in [4.78, 5) is 4.15. The molecule has 0 spiro atoms. The Morgan fingerprint density at radius 3 is 2.80 bits per heavy atom. The van der Waals surface area contributed by atoms with E-state index in [1.807, 2.05) is 13.0 Å². The molecule has 0 aliphatic heterocycles. The molecule has 1 aromatic heterocycles. The van der Waals surface area contributed by atoms with Gasteiger partial charge in [-0.1, -0.05) is 24.6 Å². The van der Waals surface area contributed by atoms with Crippen LogP contribution in [0.15, 0.2) is 36.7 Å². The third-order valence-corrected chi connectivity index (χ3v) is 3.61. The van der Waals surface area contributed by atoms with Crippen LogP contribution in [-0.4, -0.2) is 11.5 Å². The van der Waals surface area contributed by atoms with Gasteiger partial charge in [0.15, 0.2) is 0 Å². The zero-order valence-corrected chi connectivity index (χ0v) is 12.4. The Labute approximate surface area is 124 Å². The summed E-state index contributed by atoms with van der Waals surface area (Å²) >= 11 is 6.21. The first-order valence-corrected chi connectivity index (χ1v) is 7.10. The van der Waals surface area contributed by atoms with Crippen molar-refractivity contribution in [3.05, 3.63) is 64.2 Å². The topological polar surface area (TPSA) is 24.9 Å². The number of pyridine rings is 1. The third-order valence-electron chi connectivity index (χ3n) is 3.28. The van der Waals surface area contributed by atoms with Crippen LogP contribution in [-0.2, 0) is 0 Å². The highest BCUT2D eigenvalue weighted by atomic mass is 35.5. The zero-order chi connectivity index (χ0) is 14.5. The number of nitrogens with one attached hydrogen (secondary N) is 1. The minimum absolute atomic E-state index is 0.280. The lowest BCUT2D eigenvalue weighted by atomic mass is 9.96. The van der Waals surface area contributed by atoms with Gasteiger partial charge in [0.1, 0.15) is 5.82 Å². The second kappa shape index (κ2) is 6.82. The normalized spacial score (nSPS) is 12.4. The van der Waals surface area contributed by atoms with Crippen molar-refractivity contribution in [2.24, 2.45) is 0 Å². The molecule has 4 heteroatoms. The summed E-state index contributed by atoms with van der Waals surface area (Å²) in [5.74, 6) is -0.297. The van der Waals surface area contributed by atoms with Gasteiger partial charge in [0, 0.05) is 23.0 Å². The number of rotatable bonds is 5. The van der Waals surface area contributed by atoms with E-state index >= 15 is 0 Å². The average molecular weight is 293 g/mol. The third kappa shape index (κ3) is 3.17. The largest absolute Gasteiger partial charge is 0.306 e. The van der Waals surface area contributed by atoms with Crippen molar-refractivity contribution in [2.75, 3.05) is 6.54 Å². The van der Waals surface area contributed by atoms with Crippen LogP contribution in [0.2, 0.25) is 5.02 Å². The minimum Gasteiger partial charge on any atom is -0.306 e. The van der Waals surface area contributed by atoms with Gasteiger partial charge in [-0.25, -0.2) is 4.39 Å². The molecule has 1 atom stereocenters. The van der Waals surface area contributed by atoms with Crippen LogP contribution in [0.25, 0.3) is 0 Å². The van der Waals surface area contributed by atoms with Crippen LogP contribution in [0.4, 0.5) is 4.39 Å². The van der Waals surface area contributed by atoms with Crippen molar-refractivity contribution in [3.8, 4) is 0 Å². The Morgan fingerprint density at radius 2 is 2.15 bits per heavy atom. The van der Waals surface area contributed by atoms with E-state index in [-0.39, 0.29) is 11.9 Å². The predicted molar refractivity (Wildman–Crippen MR) is 80.5 cm³/mol. The molecule has 0 aliphatic rings. The summed E-state index contributed by atoms with van der Waals surface area (Å²) in [5, 5.41) is 3.79. The molecule has 2 nitrogen and oxygen atoms in total. The molecule has 2 rings (SSSR count). The van der Waals surface area contributed by atoms with Gasteiger partial charge in [-0.15, -0.1) is 0 Å². The fraction of sp³-hybridized carbons (Fsp3) is 0.312. The van der Waals surface area contributed by atoms with E-state index < -0.39 is 0 Å². The van der Waals surface area contributed by atoms with Crippen LogP contribution in [0.3, 0.4) is 0 Å². The van der Waals surface area contributed by atoms with Crippen molar-refractivity contribution < 1.29 is 4.39 Å². The quantitative estimate of drug-likeness (QED) is 0.890. The molecule has 2 aromatic rings. The highest BCUT2D eigenvalue weighted by molar-refractivity contribution is 6.31.